The van der Waals surface area contributed by atoms with Crippen LogP contribution >= 0.6 is 11.3 Å². The number of aromatic nitrogens is 2. The van der Waals surface area contributed by atoms with Crippen LogP contribution in [0.3, 0.4) is 0 Å². The second-order valence-corrected chi connectivity index (χ2v) is 5.77. The molecule has 5 heteroatoms. The van der Waals surface area contributed by atoms with E-state index in [1.54, 1.807) is 0 Å². The van der Waals surface area contributed by atoms with Crippen LogP contribution in [-0.2, 0) is 6.54 Å². The predicted molar refractivity (Wildman–Crippen MR) is 60.4 cm³/mol. The molecular formula is C10H16N4S. The fourth-order valence-corrected chi connectivity index (χ4v) is 3.63. The molecule has 3 rings (SSSR count). The quantitative estimate of drug-likeness (QED) is 0.824. The Bertz CT molecular complexity index is 339. The zero-order valence-electron chi connectivity index (χ0n) is 8.72. The summed E-state index contributed by atoms with van der Waals surface area (Å²) in [5, 5.41) is 9.58. The molecule has 15 heavy (non-hydrogen) atoms. The number of hydrogen-bond acceptors (Lipinski definition) is 5. The van der Waals surface area contributed by atoms with Crippen LogP contribution in [0.5, 0.6) is 0 Å². The van der Waals surface area contributed by atoms with E-state index in [1.165, 1.54) is 43.7 Å². The van der Waals surface area contributed by atoms with E-state index in [4.69, 9.17) is 5.73 Å². The van der Waals surface area contributed by atoms with E-state index < -0.39 is 0 Å². The molecule has 82 valence electrons. The van der Waals surface area contributed by atoms with Gasteiger partial charge in [-0.05, 0) is 24.7 Å². The summed E-state index contributed by atoms with van der Waals surface area (Å²) in [6.45, 7) is 3.45. The Kier molecular flexibility index (Phi) is 2.36. The number of anilines is 1. The van der Waals surface area contributed by atoms with Gasteiger partial charge in [-0.15, -0.1) is 10.2 Å². The first-order valence-corrected chi connectivity index (χ1v) is 6.43. The molecule has 1 aromatic heterocycles. The topological polar surface area (TPSA) is 55.0 Å². The molecule has 2 fully saturated rings. The van der Waals surface area contributed by atoms with E-state index in [1.807, 2.05) is 0 Å². The minimum Gasteiger partial charge on any atom is -0.374 e. The van der Waals surface area contributed by atoms with Crippen LogP contribution in [-0.4, -0.2) is 28.2 Å². The van der Waals surface area contributed by atoms with Crippen LogP contribution < -0.4 is 5.73 Å². The smallest absolute Gasteiger partial charge is 0.203 e. The van der Waals surface area contributed by atoms with E-state index in [0.29, 0.717) is 5.13 Å². The Morgan fingerprint density at radius 1 is 1.27 bits per heavy atom. The lowest BCUT2D eigenvalue weighted by Gasteiger charge is -2.13. The number of fused-ring (bicyclic) bond motifs is 1. The summed E-state index contributed by atoms with van der Waals surface area (Å²) < 4.78 is 0. The van der Waals surface area contributed by atoms with Crippen LogP contribution in [0.25, 0.3) is 0 Å². The largest absolute Gasteiger partial charge is 0.374 e. The number of rotatable bonds is 2. The molecule has 0 bridgehead atoms. The molecule has 2 heterocycles. The molecule has 0 spiro atoms. The van der Waals surface area contributed by atoms with Gasteiger partial charge in [0.1, 0.15) is 5.01 Å². The SMILES string of the molecule is Nc1nnc(CN2CC3CCCC3C2)s1. The number of likely N-dealkylation sites (tertiary alicyclic amines) is 1. The van der Waals surface area contributed by atoms with Crippen LogP contribution in [0.15, 0.2) is 0 Å². The number of nitrogens with zero attached hydrogens (tertiary/aromatic N) is 3. The van der Waals surface area contributed by atoms with Gasteiger partial charge in [-0.1, -0.05) is 17.8 Å². The van der Waals surface area contributed by atoms with Crippen molar-refractivity contribution in [3.8, 4) is 0 Å². The van der Waals surface area contributed by atoms with Crippen molar-refractivity contribution in [2.75, 3.05) is 18.8 Å². The second-order valence-electron chi connectivity index (χ2n) is 4.68. The molecule has 0 amide bonds. The fraction of sp³-hybridized carbons (Fsp3) is 0.800. The summed E-state index contributed by atoms with van der Waals surface area (Å²) in [5.74, 6) is 1.91. The maximum Gasteiger partial charge on any atom is 0.203 e. The minimum atomic E-state index is 0.587. The molecule has 1 aliphatic heterocycles. The van der Waals surface area contributed by atoms with Gasteiger partial charge in [0.2, 0.25) is 5.13 Å². The van der Waals surface area contributed by atoms with Gasteiger partial charge in [-0.3, -0.25) is 4.90 Å². The van der Waals surface area contributed by atoms with E-state index in [0.717, 1.165) is 23.4 Å². The number of nitrogens with two attached hydrogens (primary N) is 1. The highest BCUT2D eigenvalue weighted by atomic mass is 32.1. The Labute approximate surface area is 93.5 Å². The zero-order valence-corrected chi connectivity index (χ0v) is 9.54. The first-order chi connectivity index (χ1) is 7.31. The molecule has 0 aromatic carbocycles. The van der Waals surface area contributed by atoms with Crippen molar-refractivity contribution in [3.05, 3.63) is 5.01 Å². The van der Waals surface area contributed by atoms with Gasteiger partial charge in [-0.25, -0.2) is 0 Å². The van der Waals surface area contributed by atoms with E-state index >= 15 is 0 Å². The second kappa shape index (κ2) is 3.72. The van der Waals surface area contributed by atoms with Crippen molar-refractivity contribution in [2.45, 2.75) is 25.8 Å². The normalized spacial score (nSPS) is 30.9. The van der Waals surface area contributed by atoms with Crippen molar-refractivity contribution in [2.24, 2.45) is 11.8 Å². The summed E-state index contributed by atoms with van der Waals surface area (Å²) in [6, 6.07) is 0. The molecule has 1 saturated carbocycles. The summed E-state index contributed by atoms with van der Waals surface area (Å²) >= 11 is 1.52. The first-order valence-electron chi connectivity index (χ1n) is 5.61. The summed E-state index contributed by atoms with van der Waals surface area (Å²) in [6.07, 6.45) is 4.30. The summed E-state index contributed by atoms with van der Waals surface area (Å²) in [7, 11) is 0. The molecule has 2 N–H and O–H groups in total. The standard InChI is InChI=1S/C10H16N4S/c11-10-13-12-9(15-10)6-14-4-7-2-1-3-8(7)5-14/h7-8H,1-6H2,(H2,11,13). The monoisotopic (exact) mass is 224 g/mol. The average Bonchev–Trinajstić information content (AvgIpc) is 2.81. The average molecular weight is 224 g/mol. The van der Waals surface area contributed by atoms with Gasteiger partial charge in [0, 0.05) is 13.1 Å². The minimum absolute atomic E-state index is 0.587. The Hall–Kier alpha value is -0.680. The van der Waals surface area contributed by atoms with Crippen molar-refractivity contribution in [3.63, 3.8) is 0 Å². The molecule has 2 unspecified atom stereocenters. The molecule has 2 aliphatic rings. The molecular weight excluding hydrogens is 208 g/mol. The first kappa shape index (κ1) is 9.54. The highest BCUT2D eigenvalue weighted by Crippen LogP contribution is 2.38. The molecule has 2 atom stereocenters. The summed E-state index contributed by atoms with van der Waals surface area (Å²) in [4.78, 5) is 2.51. The maximum atomic E-state index is 5.57. The predicted octanol–water partition coefficient (Wildman–Crippen LogP) is 1.35. The molecule has 4 nitrogen and oxygen atoms in total. The highest BCUT2D eigenvalue weighted by Gasteiger charge is 2.36. The third-order valence-corrected chi connectivity index (χ3v) is 4.38. The lowest BCUT2D eigenvalue weighted by Crippen LogP contribution is -2.20. The third-order valence-electron chi connectivity index (χ3n) is 3.64. The van der Waals surface area contributed by atoms with Crippen molar-refractivity contribution >= 4 is 16.5 Å². The fourth-order valence-electron chi connectivity index (χ4n) is 2.98. The maximum absolute atomic E-state index is 5.57. The van der Waals surface area contributed by atoms with Gasteiger partial charge in [-0.2, -0.15) is 0 Å². The molecule has 1 aliphatic carbocycles. The highest BCUT2D eigenvalue weighted by molar-refractivity contribution is 7.15. The summed E-state index contributed by atoms with van der Waals surface area (Å²) in [5.41, 5.74) is 5.57. The number of nitrogen functional groups attached to an aromatic ring is 1. The van der Waals surface area contributed by atoms with Crippen LogP contribution in [0.2, 0.25) is 0 Å². The third kappa shape index (κ3) is 1.86. The van der Waals surface area contributed by atoms with E-state index in [9.17, 15) is 0 Å². The Balaban J connectivity index is 1.61. The van der Waals surface area contributed by atoms with Gasteiger partial charge in [0.25, 0.3) is 0 Å². The van der Waals surface area contributed by atoms with Gasteiger partial charge in [0.15, 0.2) is 0 Å². The van der Waals surface area contributed by atoms with Gasteiger partial charge < -0.3 is 5.73 Å². The van der Waals surface area contributed by atoms with Gasteiger partial charge in [0.05, 0.1) is 6.54 Å². The molecule has 0 radical (unpaired) electrons. The van der Waals surface area contributed by atoms with Crippen molar-refractivity contribution in [1.29, 1.82) is 0 Å². The van der Waals surface area contributed by atoms with Crippen molar-refractivity contribution in [1.82, 2.24) is 15.1 Å². The molecule has 1 aromatic rings. The lowest BCUT2D eigenvalue weighted by molar-refractivity contribution is 0.302. The van der Waals surface area contributed by atoms with Crippen LogP contribution in [0.4, 0.5) is 5.13 Å². The van der Waals surface area contributed by atoms with Crippen molar-refractivity contribution < 1.29 is 0 Å². The Morgan fingerprint density at radius 2 is 2.00 bits per heavy atom. The van der Waals surface area contributed by atoms with Crippen LogP contribution in [0, 0.1) is 11.8 Å². The molecule has 1 saturated heterocycles. The Morgan fingerprint density at radius 3 is 2.60 bits per heavy atom. The van der Waals surface area contributed by atoms with E-state index in [-0.39, 0.29) is 0 Å². The zero-order chi connectivity index (χ0) is 10.3. The number of hydrogen-bond donors (Lipinski definition) is 1. The van der Waals surface area contributed by atoms with Crippen LogP contribution in [0.1, 0.15) is 24.3 Å². The lowest BCUT2D eigenvalue weighted by atomic mass is 10.0. The van der Waals surface area contributed by atoms with E-state index in [2.05, 4.69) is 15.1 Å². The van der Waals surface area contributed by atoms with Gasteiger partial charge >= 0.3 is 0 Å².